The number of fused-ring (bicyclic) bond motifs is 1. The fraction of sp³-hybridized carbons (Fsp3) is 0.0714. The maximum absolute atomic E-state index is 11.9. The van der Waals surface area contributed by atoms with Crippen LogP contribution in [0.5, 0.6) is 0 Å². The monoisotopic (exact) mass is 270 g/mol. The van der Waals surface area contributed by atoms with Crippen molar-refractivity contribution in [1.29, 1.82) is 0 Å². The minimum Gasteiger partial charge on any atom is -0.408 e. The van der Waals surface area contributed by atoms with Crippen LogP contribution in [-0.4, -0.2) is 9.49 Å². The van der Waals surface area contributed by atoms with Crippen LogP contribution < -0.4 is 5.76 Å². The van der Waals surface area contributed by atoms with Crippen LogP contribution >= 0.6 is 0 Å². The maximum Gasteiger partial charge on any atom is 0.420 e. The van der Waals surface area contributed by atoms with E-state index in [4.69, 9.17) is 4.42 Å². The number of hydrogen-bond donors (Lipinski definition) is 0. The molecule has 100 valence electrons. The Kier molecular flexibility index (Phi) is 2.83. The Hall–Kier alpha value is -2.89. The molecule has 1 aromatic heterocycles. The second kappa shape index (κ2) is 4.65. The van der Waals surface area contributed by atoms with Gasteiger partial charge in [0.05, 0.1) is 17.0 Å². The van der Waals surface area contributed by atoms with Gasteiger partial charge in [-0.3, -0.25) is 14.7 Å². The fourth-order valence-corrected chi connectivity index (χ4v) is 2.08. The molecule has 20 heavy (non-hydrogen) atoms. The number of nitro groups is 1. The molecule has 0 aliphatic carbocycles. The predicted octanol–water partition coefficient (Wildman–Crippen LogP) is 2.55. The van der Waals surface area contributed by atoms with Crippen LogP contribution in [0.4, 0.5) is 5.69 Å². The quantitative estimate of drug-likeness (QED) is 0.541. The van der Waals surface area contributed by atoms with Gasteiger partial charge in [-0.25, -0.2) is 4.79 Å². The topological polar surface area (TPSA) is 78.3 Å². The molecule has 0 radical (unpaired) electrons. The zero-order valence-electron chi connectivity index (χ0n) is 10.4. The predicted molar refractivity (Wildman–Crippen MR) is 72.7 cm³/mol. The third-order valence-corrected chi connectivity index (χ3v) is 3.05. The van der Waals surface area contributed by atoms with Crippen molar-refractivity contribution in [3.05, 3.63) is 74.8 Å². The summed E-state index contributed by atoms with van der Waals surface area (Å²) >= 11 is 0. The van der Waals surface area contributed by atoms with E-state index in [0.29, 0.717) is 17.6 Å². The summed E-state index contributed by atoms with van der Waals surface area (Å²) in [4.78, 5) is 22.2. The fourth-order valence-electron chi connectivity index (χ4n) is 2.08. The average Bonchev–Trinajstić information content (AvgIpc) is 2.75. The normalized spacial score (nSPS) is 10.8. The Morgan fingerprint density at radius 2 is 1.90 bits per heavy atom. The highest BCUT2D eigenvalue weighted by atomic mass is 16.6. The molecule has 6 nitrogen and oxygen atoms in total. The van der Waals surface area contributed by atoms with Gasteiger partial charge in [-0.15, -0.1) is 0 Å². The number of hydrogen-bond acceptors (Lipinski definition) is 4. The molecule has 0 N–H and O–H groups in total. The van der Waals surface area contributed by atoms with Gasteiger partial charge in [-0.2, -0.15) is 0 Å². The Morgan fingerprint density at radius 1 is 1.15 bits per heavy atom. The van der Waals surface area contributed by atoms with Crippen molar-refractivity contribution in [2.24, 2.45) is 0 Å². The summed E-state index contributed by atoms with van der Waals surface area (Å²) in [6, 6.07) is 13.5. The van der Waals surface area contributed by atoms with Crippen LogP contribution in [0.15, 0.2) is 57.7 Å². The number of oxazole rings is 1. The lowest BCUT2D eigenvalue weighted by Crippen LogP contribution is -2.14. The summed E-state index contributed by atoms with van der Waals surface area (Å²) in [7, 11) is 0. The molecular weight excluding hydrogens is 260 g/mol. The molecule has 0 aliphatic rings. The highest BCUT2D eigenvalue weighted by Crippen LogP contribution is 2.20. The number of benzene rings is 2. The van der Waals surface area contributed by atoms with Crippen molar-refractivity contribution in [1.82, 2.24) is 4.57 Å². The van der Waals surface area contributed by atoms with Gasteiger partial charge in [0.1, 0.15) is 0 Å². The lowest BCUT2D eigenvalue weighted by molar-refractivity contribution is -0.384. The van der Waals surface area contributed by atoms with Gasteiger partial charge in [0.25, 0.3) is 5.69 Å². The maximum atomic E-state index is 11.9. The summed E-state index contributed by atoms with van der Waals surface area (Å²) in [6.07, 6.45) is 0. The van der Waals surface area contributed by atoms with E-state index >= 15 is 0 Å². The van der Waals surface area contributed by atoms with Crippen LogP contribution in [0.25, 0.3) is 11.1 Å². The van der Waals surface area contributed by atoms with Crippen molar-refractivity contribution in [3.63, 3.8) is 0 Å². The summed E-state index contributed by atoms with van der Waals surface area (Å²) < 4.78 is 6.48. The van der Waals surface area contributed by atoms with Crippen LogP contribution in [-0.2, 0) is 6.54 Å². The van der Waals surface area contributed by atoms with Crippen LogP contribution in [0.2, 0.25) is 0 Å². The molecule has 3 aromatic rings. The molecule has 0 atom stereocenters. The Morgan fingerprint density at radius 3 is 2.60 bits per heavy atom. The molecule has 3 rings (SSSR count). The molecular formula is C14H10N2O4. The minimum absolute atomic E-state index is 0.0693. The van der Waals surface area contributed by atoms with Crippen molar-refractivity contribution in [2.75, 3.05) is 0 Å². The first-order chi connectivity index (χ1) is 9.65. The highest BCUT2D eigenvalue weighted by molar-refractivity contribution is 5.76. The van der Waals surface area contributed by atoms with Gasteiger partial charge in [0.15, 0.2) is 5.58 Å². The first-order valence-electron chi connectivity index (χ1n) is 5.97. The number of nitro benzene ring substituents is 1. The van der Waals surface area contributed by atoms with E-state index in [0.717, 1.165) is 5.56 Å². The average molecular weight is 270 g/mol. The van der Waals surface area contributed by atoms with Crippen molar-refractivity contribution in [2.45, 2.75) is 6.54 Å². The van der Waals surface area contributed by atoms with E-state index in [2.05, 4.69) is 0 Å². The van der Waals surface area contributed by atoms with Gasteiger partial charge < -0.3 is 4.42 Å². The number of non-ortho nitro benzene ring substituents is 1. The van der Waals surface area contributed by atoms with Gasteiger partial charge >= 0.3 is 5.76 Å². The first kappa shape index (κ1) is 12.2. The largest absolute Gasteiger partial charge is 0.420 e. The van der Waals surface area contributed by atoms with Gasteiger partial charge in [0.2, 0.25) is 0 Å². The first-order valence-corrected chi connectivity index (χ1v) is 5.97. The summed E-state index contributed by atoms with van der Waals surface area (Å²) in [6.45, 7) is 0.313. The van der Waals surface area contributed by atoms with E-state index in [9.17, 15) is 14.9 Å². The third-order valence-electron chi connectivity index (χ3n) is 3.05. The second-order valence-electron chi connectivity index (χ2n) is 4.35. The van der Waals surface area contributed by atoms with Crippen LogP contribution in [0.1, 0.15) is 5.56 Å². The zero-order chi connectivity index (χ0) is 14.1. The molecule has 1 heterocycles. The Balaban J connectivity index is 2.14. The number of nitrogens with zero attached hydrogens (tertiary/aromatic N) is 2. The number of rotatable bonds is 3. The van der Waals surface area contributed by atoms with E-state index < -0.39 is 10.7 Å². The molecule has 0 aliphatic heterocycles. The highest BCUT2D eigenvalue weighted by Gasteiger charge is 2.14. The number of aromatic nitrogens is 1. The standard InChI is InChI=1S/C14H10N2O4/c17-14-15(9-10-4-2-1-3-5-10)12-8-11(16(18)19)6-7-13(12)20-14/h1-8H,9H2. The molecule has 2 aromatic carbocycles. The van der Waals surface area contributed by atoms with Crippen molar-refractivity contribution in [3.8, 4) is 0 Å². The Labute approximate surface area is 113 Å². The summed E-state index contributed by atoms with van der Waals surface area (Å²) in [5.74, 6) is -0.524. The smallest absolute Gasteiger partial charge is 0.408 e. The lowest BCUT2D eigenvalue weighted by Gasteiger charge is -2.02. The zero-order valence-corrected chi connectivity index (χ0v) is 10.4. The molecule has 0 bridgehead atoms. The van der Waals surface area contributed by atoms with Gasteiger partial charge in [-0.05, 0) is 11.6 Å². The molecule has 0 unspecified atom stereocenters. The van der Waals surface area contributed by atoms with E-state index in [1.54, 1.807) is 0 Å². The van der Waals surface area contributed by atoms with E-state index in [1.807, 2.05) is 30.3 Å². The van der Waals surface area contributed by atoms with Crippen LogP contribution in [0.3, 0.4) is 0 Å². The summed E-state index contributed by atoms with van der Waals surface area (Å²) in [5.41, 5.74) is 1.62. The lowest BCUT2D eigenvalue weighted by atomic mass is 10.2. The van der Waals surface area contributed by atoms with Gasteiger partial charge in [-0.1, -0.05) is 30.3 Å². The molecule has 0 saturated carbocycles. The van der Waals surface area contributed by atoms with Gasteiger partial charge in [0, 0.05) is 12.1 Å². The molecule has 0 amide bonds. The third kappa shape index (κ3) is 2.07. The molecule has 0 spiro atoms. The van der Waals surface area contributed by atoms with Crippen molar-refractivity contribution < 1.29 is 9.34 Å². The Bertz CT molecular complexity index is 833. The van der Waals surface area contributed by atoms with E-state index in [1.165, 1.54) is 22.8 Å². The summed E-state index contributed by atoms with van der Waals surface area (Å²) in [5, 5.41) is 10.8. The molecule has 0 fully saturated rings. The van der Waals surface area contributed by atoms with Crippen molar-refractivity contribution >= 4 is 16.8 Å². The SMILES string of the molecule is O=c1oc2ccc([N+](=O)[O-])cc2n1Cc1ccccc1. The molecule has 6 heteroatoms. The van der Waals surface area contributed by atoms with E-state index in [-0.39, 0.29) is 5.69 Å². The van der Waals surface area contributed by atoms with Crippen LogP contribution in [0, 0.1) is 10.1 Å². The second-order valence-corrected chi connectivity index (χ2v) is 4.35. The molecule has 0 saturated heterocycles. The minimum atomic E-state index is -0.524.